The van der Waals surface area contributed by atoms with Crippen molar-refractivity contribution in [3.05, 3.63) is 0 Å². The van der Waals surface area contributed by atoms with Crippen LogP contribution in [0.25, 0.3) is 0 Å². The van der Waals surface area contributed by atoms with Crippen LogP contribution in [0.5, 0.6) is 0 Å². The van der Waals surface area contributed by atoms with E-state index in [2.05, 4.69) is 36.0 Å². The fourth-order valence-corrected chi connectivity index (χ4v) is 3.64. The van der Waals surface area contributed by atoms with Gasteiger partial charge < -0.3 is 15.3 Å². The summed E-state index contributed by atoms with van der Waals surface area (Å²) in [5, 5.41) is 13.0. The van der Waals surface area contributed by atoms with Crippen molar-refractivity contribution in [1.29, 1.82) is 0 Å². The molecule has 4 nitrogen and oxygen atoms in total. The minimum absolute atomic E-state index is 0.119. The monoisotopic (exact) mass is 269 g/mol. The topological polar surface area (TPSA) is 38.7 Å². The third-order valence-corrected chi connectivity index (χ3v) is 5.16. The van der Waals surface area contributed by atoms with E-state index < -0.39 is 0 Å². The van der Waals surface area contributed by atoms with Gasteiger partial charge >= 0.3 is 0 Å². The van der Waals surface area contributed by atoms with Crippen LogP contribution in [0.1, 0.15) is 39.5 Å². The number of aliphatic hydroxyl groups is 1. The molecule has 2 rings (SSSR count). The lowest BCUT2D eigenvalue weighted by molar-refractivity contribution is 0.142. The number of rotatable bonds is 6. The van der Waals surface area contributed by atoms with Crippen molar-refractivity contribution in [2.75, 3.05) is 39.8 Å². The lowest BCUT2D eigenvalue weighted by atomic mass is 9.98. The summed E-state index contributed by atoms with van der Waals surface area (Å²) in [6.45, 7) is 8.91. The number of likely N-dealkylation sites (tertiary alicyclic amines) is 1. The maximum absolute atomic E-state index is 9.56. The molecule has 3 atom stereocenters. The van der Waals surface area contributed by atoms with E-state index in [1.54, 1.807) is 0 Å². The Labute approximate surface area is 118 Å². The van der Waals surface area contributed by atoms with Crippen LogP contribution in [0, 0.1) is 0 Å². The first-order valence-electron chi connectivity index (χ1n) is 7.88. The Morgan fingerprint density at radius 1 is 1.26 bits per heavy atom. The van der Waals surface area contributed by atoms with Crippen LogP contribution in [-0.4, -0.2) is 72.4 Å². The minimum atomic E-state index is -0.119. The van der Waals surface area contributed by atoms with E-state index in [9.17, 15) is 5.11 Å². The van der Waals surface area contributed by atoms with Gasteiger partial charge in [0.15, 0.2) is 0 Å². The van der Waals surface area contributed by atoms with Gasteiger partial charge in [0.1, 0.15) is 0 Å². The van der Waals surface area contributed by atoms with E-state index in [1.165, 1.54) is 32.4 Å². The molecule has 2 heterocycles. The van der Waals surface area contributed by atoms with Crippen molar-refractivity contribution < 1.29 is 5.11 Å². The van der Waals surface area contributed by atoms with Crippen LogP contribution in [0.4, 0.5) is 0 Å². The summed E-state index contributed by atoms with van der Waals surface area (Å²) in [4.78, 5) is 5.20. The highest BCUT2D eigenvalue weighted by Gasteiger charge is 2.35. The Morgan fingerprint density at radius 2 is 2.00 bits per heavy atom. The number of hydrogen-bond donors (Lipinski definition) is 2. The Morgan fingerprint density at radius 3 is 2.68 bits per heavy atom. The van der Waals surface area contributed by atoms with Crippen LogP contribution in [0.3, 0.4) is 0 Å². The quantitative estimate of drug-likeness (QED) is 0.752. The summed E-state index contributed by atoms with van der Waals surface area (Å²) >= 11 is 0. The van der Waals surface area contributed by atoms with Crippen molar-refractivity contribution in [3.63, 3.8) is 0 Å². The normalized spacial score (nSPS) is 32.2. The van der Waals surface area contributed by atoms with Gasteiger partial charge in [0.05, 0.1) is 6.61 Å². The van der Waals surface area contributed by atoms with E-state index in [0.717, 1.165) is 31.6 Å². The van der Waals surface area contributed by atoms with Crippen LogP contribution in [0.15, 0.2) is 0 Å². The Bertz CT molecular complexity index is 287. The van der Waals surface area contributed by atoms with E-state index in [0.29, 0.717) is 0 Å². The SMILES string of the molecule is CCNC(C)(CO)CCN1CCC2CCC(C1)N2C. The van der Waals surface area contributed by atoms with Gasteiger partial charge in [-0.2, -0.15) is 0 Å². The number of likely N-dealkylation sites (N-methyl/N-ethyl adjacent to an activating group) is 2. The molecule has 0 aromatic heterocycles. The molecule has 4 heteroatoms. The Balaban J connectivity index is 1.83. The standard InChI is InChI=1S/C15H31N3O/c1-4-16-15(2,12-19)8-10-18-9-7-13-5-6-14(11-18)17(13)3/h13-14,16,19H,4-12H2,1-3H3. The van der Waals surface area contributed by atoms with Gasteiger partial charge in [-0.3, -0.25) is 4.90 Å². The number of fused-ring (bicyclic) bond motifs is 2. The molecular formula is C15H31N3O. The Kier molecular flexibility index (Phi) is 5.23. The molecule has 19 heavy (non-hydrogen) atoms. The molecule has 112 valence electrons. The zero-order valence-electron chi connectivity index (χ0n) is 12.9. The highest BCUT2D eigenvalue weighted by molar-refractivity contribution is 4.92. The summed E-state index contributed by atoms with van der Waals surface area (Å²) < 4.78 is 0. The third-order valence-electron chi connectivity index (χ3n) is 5.16. The fraction of sp³-hybridized carbons (Fsp3) is 1.00. The van der Waals surface area contributed by atoms with Crippen molar-refractivity contribution in [3.8, 4) is 0 Å². The molecule has 0 aliphatic carbocycles. The molecule has 0 radical (unpaired) electrons. The van der Waals surface area contributed by atoms with Gasteiger partial charge in [-0.05, 0) is 52.7 Å². The predicted molar refractivity (Wildman–Crippen MR) is 79.4 cm³/mol. The second-order valence-corrected chi connectivity index (χ2v) is 6.64. The van der Waals surface area contributed by atoms with Crippen LogP contribution in [0.2, 0.25) is 0 Å². The van der Waals surface area contributed by atoms with E-state index in [4.69, 9.17) is 0 Å². The van der Waals surface area contributed by atoms with Gasteiger partial charge in [-0.15, -0.1) is 0 Å². The van der Waals surface area contributed by atoms with Crippen LogP contribution in [-0.2, 0) is 0 Å². The molecule has 2 aliphatic rings. The lowest BCUT2D eigenvalue weighted by Crippen LogP contribution is -2.48. The van der Waals surface area contributed by atoms with Gasteiger partial charge in [0.25, 0.3) is 0 Å². The second-order valence-electron chi connectivity index (χ2n) is 6.64. The molecule has 0 saturated carbocycles. The molecule has 2 N–H and O–H groups in total. The van der Waals surface area contributed by atoms with Crippen LogP contribution < -0.4 is 5.32 Å². The van der Waals surface area contributed by atoms with Gasteiger partial charge in [0, 0.05) is 30.7 Å². The predicted octanol–water partition coefficient (Wildman–Crippen LogP) is 0.906. The Hall–Kier alpha value is -0.160. The molecule has 2 bridgehead atoms. The average molecular weight is 269 g/mol. The number of hydrogen-bond acceptors (Lipinski definition) is 4. The van der Waals surface area contributed by atoms with Crippen molar-refractivity contribution >= 4 is 0 Å². The smallest absolute Gasteiger partial charge is 0.0611 e. The highest BCUT2D eigenvalue weighted by atomic mass is 16.3. The molecule has 0 amide bonds. The molecule has 2 fully saturated rings. The molecular weight excluding hydrogens is 238 g/mol. The number of nitrogens with one attached hydrogen (secondary N) is 1. The van der Waals surface area contributed by atoms with Crippen molar-refractivity contribution in [1.82, 2.24) is 15.1 Å². The summed E-state index contributed by atoms with van der Waals surface area (Å²) in [6.07, 6.45) is 5.09. The highest BCUT2D eigenvalue weighted by Crippen LogP contribution is 2.28. The second kappa shape index (κ2) is 6.53. The lowest BCUT2D eigenvalue weighted by Gasteiger charge is -2.32. The summed E-state index contributed by atoms with van der Waals surface area (Å²) in [6, 6.07) is 1.57. The maximum Gasteiger partial charge on any atom is 0.0611 e. The first-order chi connectivity index (χ1) is 9.08. The first kappa shape index (κ1) is 15.2. The summed E-state index contributed by atoms with van der Waals surface area (Å²) in [5.41, 5.74) is -0.119. The van der Waals surface area contributed by atoms with E-state index in [-0.39, 0.29) is 12.1 Å². The maximum atomic E-state index is 9.56. The fourth-order valence-electron chi connectivity index (χ4n) is 3.64. The summed E-state index contributed by atoms with van der Waals surface area (Å²) in [7, 11) is 2.29. The zero-order chi connectivity index (χ0) is 13.9. The molecule has 0 aromatic carbocycles. The van der Waals surface area contributed by atoms with Crippen LogP contribution >= 0.6 is 0 Å². The average Bonchev–Trinajstić information content (AvgIpc) is 2.63. The number of aliphatic hydroxyl groups excluding tert-OH is 1. The number of nitrogens with zero attached hydrogens (tertiary/aromatic N) is 2. The molecule has 0 aromatic rings. The van der Waals surface area contributed by atoms with Crippen molar-refractivity contribution in [2.45, 2.75) is 57.2 Å². The molecule has 2 aliphatic heterocycles. The zero-order valence-corrected chi connectivity index (χ0v) is 12.9. The van der Waals surface area contributed by atoms with Crippen molar-refractivity contribution in [2.24, 2.45) is 0 Å². The van der Waals surface area contributed by atoms with Gasteiger partial charge in [-0.1, -0.05) is 6.92 Å². The van der Waals surface area contributed by atoms with E-state index >= 15 is 0 Å². The molecule has 3 unspecified atom stereocenters. The molecule has 2 saturated heterocycles. The van der Waals surface area contributed by atoms with E-state index in [1.807, 2.05) is 0 Å². The third kappa shape index (κ3) is 3.69. The summed E-state index contributed by atoms with van der Waals surface area (Å²) in [5.74, 6) is 0. The first-order valence-corrected chi connectivity index (χ1v) is 7.88. The minimum Gasteiger partial charge on any atom is -0.394 e. The molecule has 0 spiro atoms. The largest absolute Gasteiger partial charge is 0.394 e. The van der Waals surface area contributed by atoms with Gasteiger partial charge in [-0.25, -0.2) is 0 Å². The van der Waals surface area contributed by atoms with Gasteiger partial charge in [0.2, 0.25) is 0 Å².